The lowest BCUT2D eigenvalue weighted by Gasteiger charge is -2.07. The number of nitrogens with zero attached hydrogens (tertiary/aromatic N) is 1. The molecule has 7 nitrogen and oxygen atoms in total. The Morgan fingerprint density at radius 2 is 2.28 bits per heavy atom. The number of rotatable bonds is 6. The summed E-state index contributed by atoms with van der Waals surface area (Å²) in [7, 11) is 0. The minimum absolute atomic E-state index is 0.103. The second-order valence-electron chi connectivity index (χ2n) is 3.39. The monoisotopic (exact) mass is 273 g/mol. The summed E-state index contributed by atoms with van der Waals surface area (Å²) in [6.45, 7) is 0.217. The van der Waals surface area contributed by atoms with Crippen LogP contribution in [0.1, 0.15) is 12.8 Å². The summed E-state index contributed by atoms with van der Waals surface area (Å²) < 4.78 is 5.27. The summed E-state index contributed by atoms with van der Waals surface area (Å²) >= 11 is 5.82. The van der Waals surface area contributed by atoms with Crippen LogP contribution in [0.5, 0.6) is 5.75 Å². The van der Waals surface area contributed by atoms with Gasteiger partial charge in [-0.05, 0) is 12.5 Å². The van der Waals surface area contributed by atoms with Gasteiger partial charge in [-0.2, -0.15) is 0 Å². The van der Waals surface area contributed by atoms with Crippen LogP contribution in [0.25, 0.3) is 0 Å². The molecule has 0 atom stereocenters. The number of nitrogens with one attached hydrogen (secondary N) is 1. The molecule has 0 unspecified atom stereocenters. The first-order chi connectivity index (χ1) is 8.54. The van der Waals surface area contributed by atoms with E-state index in [1.165, 1.54) is 18.2 Å². The fraction of sp³-hybridized carbons (Fsp3) is 0.300. The number of hydrogen-bond acceptors (Lipinski definition) is 5. The molecule has 0 aromatic heterocycles. The Hall–Kier alpha value is -1.86. The van der Waals surface area contributed by atoms with Crippen molar-refractivity contribution < 1.29 is 14.5 Å². The third-order valence-electron chi connectivity index (χ3n) is 2.09. The zero-order valence-corrected chi connectivity index (χ0v) is 10.1. The Balaban J connectivity index is 2.53. The Bertz CT molecular complexity index is 453. The maximum absolute atomic E-state index is 10.8. The summed E-state index contributed by atoms with van der Waals surface area (Å²) in [5.41, 5.74) is 1.89. The van der Waals surface area contributed by atoms with Gasteiger partial charge < -0.3 is 4.74 Å². The number of non-ortho nitro benzene ring substituents is 1. The van der Waals surface area contributed by atoms with Crippen molar-refractivity contribution in [1.29, 1.82) is 0 Å². The molecule has 0 aliphatic rings. The molecule has 1 amide bonds. The zero-order chi connectivity index (χ0) is 13.5. The quantitative estimate of drug-likeness (QED) is 0.268. The van der Waals surface area contributed by atoms with Crippen LogP contribution in [0, 0.1) is 10.1 Å². The topological polar surface area (TPSA) is 107 Å². The fourth-order valence-electron chi connectivity index (χ4n) is 1.20. The van der Waals surface area contributed by atoms with Crippen LogP contribution in [-0.2, 0) is 4.79 Å². The lowest BCUT2D eigenvalue weighted by Crippen LogP contribution is -2.29. The molecule has 1 aromatic carbocycles. The van der Waals surface area contributed by atoms with Crippen LogP contribution >= 0.6 is 11.6 Å². The van der Waals surface area contributed by atoms with Gasteiger partial charge in [-0.3, -0.25) is 20.3 Å². The average Bonchev–Trinajstić information content (AvgIpc) is 2.35. The van der Waals surface area contributed by atoms with Crippen molar-refractivity contribution in [2.24, 2.45) is 5.84 Å². The number of halogens is 1. The predicted molar refractivity (Wildman–Crippen MR) is 65.2 cm³/mol. The second kappa shape index (κ2) is 6.77. The zero-order valence-electron chi connectivity index (χ0n) is 9.39. The van der Waals surface area contributed by atoms with E-state index < -0.39 is 4.92 Å². The highest BCUT2D eigenvalue weighted by atomic mass is 35.5. The molecule has 0 saturated carbocycles. The first-order valence-electron chi connectivity index (χ1n) is 5.10. The molecule has 3 N–H and O–H groups in total. The van der Waals surface area contributed by atoms with Gasteiger partial charge in [0, 0.05) is 12.5 Å². The number of amides is 1. The molecule has 0 fully saturated rings. The Labute approximate surface area is 108 Å². The molecular formula is C10H12ClN3O4. The van der Waals surface area contributed by atoms with Gasteiger partial charge in [0.1, 0.15) is 5.75 Å². The highest BCUT2D eigenvalue weighted by Gasteiger charge is 2.10. The van der Waals surface area contributed by atoms with E-state index in [1.54, 1.807) is 0 Å². The number of ether oxygens (including phenoxy) is 1. The van der Waals surface area contributed by atoms with E-state index >= 15 is 0 Å². The van der Waals surface area contributed by atoms with Gasteiger partial charge in [0.05, 0.1) is 22.6 Å². The van der Waals surface area contributed by atoms with Crippen LogP contribution in [0.3, 0.4) is 0 Å². The first-order valence-corrected chi connectivity index (χ1v) is 5.48. The molecule has 0 spiro atoms. The Morgan fingerprint density at radius 1 is 1.56 bits per heavy atom. The average molecular weight is 274 g/mol. The number of hydrazine groups is 1. The van der Waals surface area contributed by atoms with Gasteiger partial charge in [-0.1, -0.05) is 11.6 Å². The number of carbonyl (C=O) groups excluding carboxylic acids is 1. The highest BCUT2D eigenvalue weighted by Crippen LogP contribution is 2.28. The van der Waals surface area contributed by atoms with E-state index in [9.17, 15) is 14.9 Å². The Kier molecular flexibility index (Phi) is 5.34. The van der Waals surface area contributed by atoms with E-state index in [2.05, 4.69) is 0 Å². The fourth-order valence-corrected chi connectivity index (χ4v) is 1.38. The van der Waals surface area contributed by atoms with Crippen molar-refractivity contribution >= 4 is 23.2 Å². The molecule has 0 aliphatic heterocycles. The van der Waals surface area contributed by atoms with E-state index in [0.717, 1.165) is 0 Å². The van der Waals surface area contributed by atoms with Gasteiger partial charge in [0.25, 0.3) is 5.69 Å². The van der Waals surface area contributed by atoms with Crippen LogP contribution < -0.4 is 16.0 Å². The molecule has 0 heterocycles. The summed E-state index contributed by atoms with van der Waals surface area (Å²) in [5, 5.41) is 10.8. The molecule has 0 bridgehead atoms. The summed E-state index contributed by atoms with van der Waals surface area (Å²) in [6.07, 6.45) is 0.644. The lowest BCUT2D eigenvalue weighted by atomic mass is 10.3. The Morgan fingerprint density at radius 3 is 2.89 bits per heavy atom. The van der Waals surface area contributed by atoms with Crippen LogP contribution in [0.4, 0.5) is 5.69 Å². The van der Waals surface area contributed by atoms with E-state index in [4.69, 9.17) is 22.2 Å². The van der Waals surface area contributed by atoms with Gasteiger partial charge in [-0.15, -0.1) is 0 Å². The SMILES string of the molecule is NNC(=O)CCCOc1cc([N+](=O)[O-])ccc1Cl. The second-order valence-corrected chi connectivity index (χ2v) is 3.80. The molecule has 0 radical (unpaired) electrons. The van der Waals surface area contributed by atoms with E-state index in [0.29, 0.717) is 6.42 Å². The third kappa shape index (κ3) is 4.19. The van der Waals surface area contributed by atoms with Crippen molar-refractivity contribution in [2.45, 2.75) is 12.8 Å². The van der Waals surface area contributed by atoms with Crippen LogP contribution in [-0.4, -0.2) is 17.4 Å². The van der Waals surface area contributed by atoms with Crippen molar-refractivity contribution in [1.82, 2.24) is 5.43 Å². The minimum atomic E-state index is -0.537. The standard InChI is InChI=1S/C10H12ClN3O4/c11-8-4-3-7(14(16)17)6-9(8)18-5-1-2-10(15)13-12/h3-4,6H,1-2,5,12H2,(H,13,15). The van der Waals surface area contributed by atoms with Crippen molar-refractivity contribution in [3.05, 3.63) is 33.3 Å². The number of nitro groups is 1. The molecule has 0 aliphatic carbocycles. The van der Waals surface area contributed by atoms with E-state index in [-0.39, 0.29) is 35.4 Å². The van der Waals surface area contributed by atoms with Crippen molar-refractivity contribution in [3.8, 4) is 5.75 Å². The largest absolute Gasteiger partial charge is 0.492 e. The summed E-state index contributed by atoms with van der Waals surface area (Å²) in [6, 6.07) is 3.92. The first kappa shape index (κ1) is 14.2. The number of benzene rings is 1. The van der Waals surface area contributed by atoms with Gasteiger partial charge in [0.15, 0.2) is 0 Å². The molecule has 1 rings (SSSR count). The minimum Gasteiger partial charge on any atom is -0.492 e. The molecular weight excluding hydrogens is 262 g/mol. The molecule has 98 valence electrons. The van der Waals surface area contributed by atoms with Gasteiger partial charge in [0.2, 0.25) is 5.91 Å². The number of nitro benzene ring substituents is 1. The molecule has 0 saturated heterocycles. The number of nitrogens with two attached hydrogens (primary N) is 1. The van der Waals surface area contributed by atoms with Crippen LogP contribution in [0.2, 0.25) is 5.02 Å². The van der Waals surface area contributed by atoms with Crippen molar-refractivity contribution in [3.63, 3.8) is 0 Å². The number of hydrogen-bond donors (Lipinski definition) is 2. The number of carbonyl (C=O) groups is 1. The third-order valence-corrected chi connectivity index (χ3v) is 2.40. The van der Waals surface area contributed by atoms with E-state index in [1.807, 2.05) is 5.43 Å². The van der Waals surface area contributed by atoms with Crippen molar-refractivity contribution in [2.75, 3.05) is 6.61 Å². The maximum atomic E-state index is 10.8. The smallest absolute Gasteiger partial charge is 0.273 e. The molecule has 1 aromatic rings. The lowest BCUT2D eigenvalue weighted by molar-refractivity contribution is -0.384. The maximum Gasteiger partial charge on any atom is 0.273 e. The van der Waals surface area contributed by atoms with Gasteiger partial charge in [-0.25, -0.2) is 5.84 Å². The van der Waals surface area contributed by atoms with Crippen LogP contribution in [0.15, 0.2) is 18.2 Å². The summed E-state index contributed by atoms with van der Waals surface area (Å²) in [4.78, 5) is 20.9. The normalized spacial score (nSPS) is 9.89. The molecule has 18 heavy (non-hydrogen) atoms. The molecule has 8 heteroatoms. The van der Waals surface area contributed by atoms with Gasteiger partial charge >= 0.3 is 0 Å². The highest BCUT2D eigenvalue weighted by molar-refractivity contribution is 6.32. The summed E-state index contributed by atoms with van der Waals surface area (Å²) in [5.74, 6) is 4.83. The predicted octanol–water partition coefficient (Wildman–Crippen LogP) is 1.40.